The summed E-state index contributed by atoms with van der Waals surface area (Å²) in [6, 6.07) is 4.99. The topological polar surface area (TPSA) is 0 Å². The van der Waals surface area contributed by atoms with Gasteiger partial charge in [-0.15, -0.1) is 0 Å². The number of benzene rings is 1. The van der Waals surface area contributed by atoms with Crippen molar-refractivity contribution in [3.05, 3.63) is 33.8 Å². The first-order valence-corrected chi connectivity index (χ1v) is 4.51. The van der Waals surface area contributed by atoms with Crippen molar-refractivity contribution in [2.75, 3.05) is 0 Å². The molecule has 0 saturated heterocycles. The summed E-state index contributed by atoms with van der Waals surface area (Å²) < 4.78 is 25.5. The molecule has 0 amide bonds. The predicted molar refractivity (Wildman–Crippen MR) is 48.5 cm³/mol. The van der Waals surface area contributed by atoms with Crippen molar-refractivity contribution in [3.63, 3.8) is 0 Å². The number of alkyl halides is 2. The van der Waals surface area contributed by atoms with E-state index in [1.807, 2.05) is 6.92 Å². The summed E-state index contributed by atoms with van der Waals surface area (Å²) in [4.78, 5) is 0. The standard InChI is InChI=1S/C9H9BrF2/c1-2-6-3-4-7(10)5-8(6)9(11)12/h3-5,9H,2H2,1H3. The second-order valence-corrected chi connectivity index (χ2v) is 3.41. The molecule has 1 rings (SSSR count). The van der Waals surface area contributed by atoms with Gasteiger partial charge in [0, 0.05) is 10.0 Å². The van der Waals surface area contributed by atoms with Crippen LogP contribution < -0.4 is 0 Å². The molecule has 0 saturated carbocycles. The van der Waals surface area contributed by atoms with Crippen LogP contribution in [0.5, 0.6) is 0 Å². The minimum atomic E-state index is -2.38. The van der Waals surface area contributed by atoms with Crippen LogP contribution in [0.15, 0.2) is 22.7 Å². The van der Waals surface area contributed by atoms with Crippen LogP contribution in [0.4, 0.5) is 8.78 Å². The molecule has 3 heteroatoms. The molecule has 0 aromatic heterocycles. The normalized spacial score (nSPS) is 10.8. The maximum Gasteiger partial charge on any atom is 0.264 e. The van der Waals surface area contributed by atoms with E-state index in [2.05, 4.69) is 15.9 Å². The fraction of sp³-hybridized carbons (Fsp3) is 0.333. The molecule has 12 heavy (non-hydrogen) atoms. The summed E-state index contributed by atoms with van der Waals surface area (Å²) in [5, 5.41) is 0. The first-order chi connectivity index (χ1) is 5.65. The van der Waals surface area contributed by atoms with Gasteiger partial charge in [-0.3, -0.25) is 0 Å². The molecular weight excluding hydrogens is 226 g/mol. The van der Waals surface area contributed by atoms with Gasteiger partial charge in [0.2, 0.25) is 0 Å². The lowest BCUT2D eigenvalue weighted by Crippen LogP contribution is -1.92. The number of hydrogen-bond donors (Lipinski definition) is 0. The molecule has 0 radical (unpaired) electrons. The van der Waals surface area contributed by atoms with Gasteiger partial charge in [-0.25, -0.2) is 8.78 Å². The fourth-order valence-electron chi connectivity index (χ4n) is 1.09. The molecule has 0 N–H and O–H groups in total. The Hall–Kier alpha value is -0.440. The smallest absolute Gasteiger partial charge is 0.205 e. The van der Waals surface area contributed by atoms with Crippen molar-refractivity contribution in [1.82, 2.24) is 0 Å². The number of rotatable bonds is 2. The fourth-order valence-corrected chi connectivity index (χ4v) is 1.47. The summed E-state index contributed by atoms with van der Waals surface area (Å²) in [5.74, 6) is 0. The molecule has 0 unspecified atom stereocenters. The third-order valence-corrected chi connectivity index (χ3v) is 2.22. The lowest BCUT2D eigenvalue weighted by atomic mass is 10.1. The van der Waals surface area contributed by atoms with Crippen LogP contribution in [-0.2, 0) is 6.42 Å². The monoisotopic (exact) mass is 234 g/mol. The third-order valence-electron chi connectivity index (χ3n) is 1.72. The van der Waals surface area contributed by atoms with E-state index in [1.165, 1.54) is 6.07 Å². The lowest BCUT2D eigenvalue weighted by molar-refractivity contribution is 0.150. The molecule has 1 aromatic rings. The zero-order valence-corrected chi connectivity index (χ0v) is 8.24. The van der Waals surface area contributed by atoms with E-state index in [0.29, 0.717) is 16.5 Å². The Balaban J connectivity index is 3.12. The molecule has 0 aliphatic rings. The first-order valence-electron chi connectivity index (χ1n) is 3.71. The van der Waals surface area contributed by atoms with Crippen LogP contribution >= 0.6 is 15.9 Å². The van der Waals surface area contributed by atoms with Gasteiger partial charge >= 0.3 is 0 Å². The lowest BCUT2D eigenvalue weighted by Gasteiger charge is -2.06. The average Bonchev–Trinajstić information content (AvgIpc) is 2.04. The van der Waals surface area contributed by atoms with Crippen molar-refractivity contribution in [1.29, 1.82) is 0 Å². The van der Waals surface area contributed by atoms with Gasteiger partial charge in [-0.1, -0.05) is 28.9 Å². The highest BCUT2D eigenvalue weighted by Crippen LogP contribution is 2.26. The Labute approximate surface area is 78.7 Å². The summed E-state index contributed by atoms with van der Waals surface area (Å²) >= 11 is 3.16. The number of aryl methyl sites for hydroxylation is 1. The summed E-state index contributed by atoms with van der Waals surface area (Å²) in [7, 11) is 0. The molecule has 0 atom stereocenters. The van der Waals surface area contributed by atoms with E-state index < -0.39 is 6.43 Å². The second-order valence-electron chi connectivity index (χ2n) is 2.50. The van der Waals surface area contributed by atoms with E-state index in [4.69, 9.17) is 0 Å². The minimum Gasteiger partial charge on any atom is -0.205 e. The van der Waals surface area contributed by atoms with Crippen molar-refractivity contribution in [2.45, 2.75) is 19.8 Å². The van der Waals surface area contributed by atoms with E-state index in [9.17, 15) is 8.78 Å². The van der Waals surface area contributed by atoms with Crippen LogP contribution in [0.25, 0.3) is 0 Å². The highest BCUT2D eigenvalue weighted by molar-refractivity contribution is 9.10. The highest BCUT2D eigenvalue weighted by Gasteiger charge is 2.11. The van der Waals surface area contributed by atoms with Gasteiger partial charge < -0.3 is 0 Å². The molecule has 1 aromatic carbocycles. The first kappa shape index (κ1) is 9.65. The van der Waals surface area contributed by atoms with Gasteiger partial charge in [0.15, 0.2) is 0 Å². The Kier molecular flexibility index (Phi) is 3.20. The van der Waals surface area contributed by atoms with E-state index in [0.717, 1.165) is 0 Å². The Morgan fingerprint density at radius 3 is 2.58 bits per heavy atom. The summed E-state index contributed by atoms with van der Waals surface area (Å²) in [5.41, 5.74) is 0.847. The Morgan fingerprint density at radius 1 is 1.42 bits per heavy atom. The van der Waals surface area contributed by atoms with Gasteiger partial charge in [-0.05, 0) is 24.1 Å². The molecule has 0 fully saturated rings. The van der Waals surface area contributed by atoms with Crippen molar-refractivity contribution >= 4 is 15.9 Å². The van der Waals surface area contributed by atoms with Gasteiger partial charge in [-0.2, -0.15) is 0 Å². The van der Waals surface area contributed by atoms with Crippen LogP contribution in [0.1, 0.15) is 24.5 Å². The van der Waals surface area contributed by atoms with Crippen LogP contribution in [-0.4, -0.2) is 0 Å². The second kappa shape index (κ2) is 3.99. The third kappa shape index (κ3) is 2.03. The van der Waals surface area contributed by atoms with Gasteiger partial charge in [0.05, 0.1) is 0 Å². The highest BCUT2D eigenvalue weighted by atomic mass is 79.9. The average molecular weight is 235 g/mol. The van der Waals surface area contributed by atoms with Gasteiger partial charge in [0.25, 0.3) is 6.43 Å². The van der Waals surface area contributed by atoms with Crippen molar-refractivity contribution in [2.24, 2.45) is 0 Å². The molecule has 0 nitrogen and oxygen atoms in total. The SMILES string of the molecule is CCc1ccc(Br)cc1C(F)F. The van der Waals surface area contributed by atoms with Crippen molar-refractivity contribution in [3.8, 4) is 0 Å². The number of halogens is 3. The summed E-state index contributed by atoms with van der Waals surface area (Å²) in [6.07, 6.45) is -1.73. The van der Waals surface area contributed by atoms with Crippen LogP contribution in [0, 0.1) is 0 Å². The quantitative estimate of drug-likeness (QED) is 0.727. The van der Waals surface area contributed by atoms with E-state index >= 15 is 0 Å². The van der Waals surface area contributed by atoms with Crippen LogP contribution in [0.2, 0.25) is 0 Å². The van der Waals surface area contributed by atoms with Gasteiger partial charge in [0.1, 0.15) is 0 Å². The zero-order chi connectivity index (χ0) is 9.14. The maximum atomic E-state index is 12.4. The van der Waals surface area contributed by atoms with E-state index in [1.54, 1.807) is 12.1 Å². The van der Waals surface area contributed by atoms with Crippen LogP contribution in [0.3, 0.4) is 0 Å². The van der Waals surface area contributed by atoms with E-state index in [-0.39, 0.29) is 5.56 Å². The molecular formula is C9H9BrF2. The molecule has 66 valence electrons. The molecule has 0 bridgehead atoms. The number of hydrogen-bond acceptors (Lipinski definition) is 0. The molecule has 0 heterocycles. The summed E-state index contributed by atoms with van der Waals surface area (Å²) in [6.45, 7) is 1.87. The predicted octanol–water partition coefficient (Wildman–Crippen LogP) is 3.95. The zero-order valence-electron chi connectivity index (χ0n) is 6.65. The minimum absolute atomic E-state index is 0.131. The Morgan fingerprint density at radius 2 is 2.08 bits per heavy atom. The largest absolute Gasteiger partial charge is 0.264 e. The molecule has 0 aliphatic carbocycles. The van der Waals surface area contributed by atoms with Crippen molar-refractivity contribution < 1.29 is 8.78 Å². The maximum absolute atomic E-state index is 12.4. The molecule has 0 aliphatic heterocycles. The Bertz CT molecular complexity index is 271. The molecule has 0 spiro atoms.